The highest BCUT2D eigenvalue weighted by Gasteiger charge is 2.38. The van der Waals surface area contributed by atoms with Crippen molar-refractivity contribution in [1.82, 2.24) is 4.72 Å². The third-order valence-corrected chi connectivity index (χ3v) is 4.71. The van der Waals surface area contributed by atoms with Gasteiger partial charge in [0.25, 0.3) is 0 Å². The number of carboxylic acids is 1. The SMILES string of the molecule is CC1(CNS(=O)(=O)c2ccc(OCC(=O)O)cc2)CC1. The van der Waals surface area contributed by atoms with Crippen LogP contribution in [-0.4, -0.2) is 32.6 Å². The van der Waals surface area contributed by atoms with Crippen LogP contribution in [0, 0.1) is 5.41 Å². The average molecular weight is 299 g/mol. The van der Waals surface area contributed by atoms with Crippen molar-refractivity contribution in [2.75, 3.05) is 13.2 Å². The molecule has 0 aromatic heterocycles. The van der Waals surface area contributed by atoms with E-state index in [1.165, 1.54) is 24.3 Å². The van der Waals surface area contributed by atoms with Gasteiger partial charge in [0.1, 0.15) is 5.75 Å². The van der Waals surface area contributed by atoms with E-state index in [9.17, 15) is 13.2 Å². The minimum Gasteiger partial charge on any atom is -0.482 e. The number of ether oxygens (including phenoxy) is 1. The predicted molar refractivity (Wildman–Crippen MR) is 72.1 cm³/mol. The second-order valence-electron chi connectivity index (χ2n) is 5.29. The lowest BCUT2D eigenvalue weighted by Crippen LogP contribution is -2.29. The van der Waals surface area contributed by atoms with Gasteiger partial charge in [0, 0.05) is 6.54 Å². The third kappa shape index (κ3) is 3.94. The molecule has 6 nitrogen and oxygen atoms in total. The van der Waals surface area contributed by atoms with Crippen molar-refractivity contribution < 1.29 is 23.1 Å². The summed E-state index contributed by atoms with van der Waals surface area (Å²) in [6, 6.07) is 5.68. The summed E-state index contributed by atoms with van der Waals surface area (Å²) < 4.78 is 31.6. The highest BCUT2D eigenvalue weighted by molar-refractivity contribution is 7.89. The standard InChI is InChI=1S/C13H17NO5S/c1-13(6-7-13)9-14-20(17,18)11-4-2-10(3-5-11)19-8-12(15)16/h2-5,14H,6-9H2,1H3,(H,15,16). The molecule has 2 rings (SSSR count). The Bertz CT molecular complexity index is 590. The molecule has 0 amide bonds. The van der Waals surface area contributed by atoms with E-state index < -0.39 is 22.6 Å². The fourth-order valence-corrected chi connectivity index (χ4v) is 2.80. The normalized spacial score (nSPS) is 16.6. The molecule has 1 aromatic carbocycles. The van der Waals surface area contributed by atoms with Gasteiger partial charge in [-0.15, -0.1) is 0 Å². The molecule has 1 saturated carbocycles. The Kier molecular flexibility index (Phi) is 4.01. The number of hydrogen-bond donors (Lipinski definition) is 2. The summed E-state index contributed by atoms with van der Waals surface area (Å²) in [7, 11) is -3.52. The highest BCUT2D eigenvalue weighted by atomic mass is 32.2. The van der Waals surface area contributed by atoms with E-state index in [0.29, 0.717) is 12.3 Å². The molecular formula is C13H17NO5S. The number of rotatable bonds is 7. The van der Waals surface area contributed by atoms with Gasteiger partial charge >= 0.3 is 5.97 Å². The number of carboxylic acid groups (broad SMARTS) is 1. The summed E-state index contributed by atoms with van der Waals surface area (Å²) in [6.45, 7) is 2.02. The molecule has 1 fully saturated rings. The molecule has 0 aliphatic heterocycles. The minimum atomic E-state index is -3.52. The van der Waals surface area contributed by atoms with E-state index in [4.69, 9.17) is 9.84 Å². The molecule has 1 aromatic rings. The van der Waals surface area contributed by atoms with E-state index in [1.807, 2.05) is 6.92 Å². The minimum absolute atomic E-state index is 0.0949. The Balaban J connectivity index is 1.98. The Hall–Kier alpha value is -1.60. The number of hydrogen-bond acceptors (Lipinski definition) is 4. The quantitative estimate of drug-likeness (QED) is 0.790. The molecule has 0 spiro atoms. The van der Waals surface area contributed by atoms with Crippen molar-refractivity contribution >= 4 is 16.0 Å². The molecule has 2 N–H and O–H groups in total. The first kappa shape index (κ1) is 14.8. The lowest BCUT2D eigenvalue weighted by Gasteiger charge is -2.11. The van der Waals surface area contributed by atoms with Crippen molar-refractivity contribution in [2.45, 2.75) is 24.7 Å². The molecule has 20 heavy (non-hydrogen) atoms. The summed E-state index contributed by atoms with van der Waals surface area (Å²) >= 11 is 0. The fourth-order valence-electron chi connectivity index (χ4n) is 1.60. The first-order chi connectivity index (χ1) is 9.31. The summed E-state index contributed by atoms with van der Waals surface area (Å²) in [6.07, 6.45) is 2.08. The maximum Gasteiger partial charge on any atom is 0.341 e. The molecular weight excluding hydrogens is 282 g/mol. The van der Waals surface area contributed by atoms with E-state index in [-0.39, 0.29) is 10.3 Å². The van der Waals surface area contributed by atoms with E-state index >= 15 is 0 Å². The van der Waals surface area contributed by atoms with Crippen LogP contribution in [0.1, 0.15) is 19.8 Å². The van der Waals surface area contributed by atoms with Crippen LogP contribution < -0.4 is 9.46 Å². The first-order valence-electron chi connectivity index (χ1n) is 6.25. The average Bonchev–Trinajstić information content (AvgIpc) is 3.13. The number of carbonyl (C=O) groups is 1. The summed E-state index contributed by atoms with van der Waals surface area (Å²) in [5.74, 6) is -0.762. The maximum atomic E-state index is 12.0. The van der Waals surface area contributed by atoms with Crippen molar-refractivity contribution in [3.63, 3.8) is 0 Å². The maximum absolute atomic E-state index is 12.0. The van der Waals surface area contributed by atoms with Gasteiger partial charge in [-0.05, 0) is 42.5 Å². The van der Waals surface area contributed by atoms with Gasteiger partial charge in [-0.1, -0.05) is 6.92 Å². The molecule has 0 heterocycles. The molecule has 0 saturated heterocycles. The Morgan fingerprint density at radius 2 is 1.95 bits per heavy atom. The zero-order valence-electron chi connectivity index (χ0n) is 11.1. The monoisotopic (exact) mass is 299 g/mol. The van der Waals surface area contributed by atoms with Gasteiger partial charge in [0.2, 0.25) is 10.0 Å². The lowest BCUT2D eigenvalue weighted by molar-refractivity contribution is -0.139. The van der Waals surface area contributed by atoms with Crippen molar-refractivity contribution in [2.24, 2.45) is 5.41 Å². The fraction of sp³-hybridized carbons (Fsp3) is 0.462. The topological polar surface area (TPSA) is 92.7 Å². The molecule has 1 aliphatic rings. The second kappa shape index (κ2) is 5.41. The Morgan fingerprint density at radius 1 is 1.35 bits per heavy atom. The predicted octanol–water partition coefficient (Wildman–Crippen LogP) is 1.23. The second-order valence-corrected chi connectivity index (χ2v) is 7.06. The van der Waals surface area contributed by atoms with E-state index in [0.717, 1.165) is 12.8 Å². The van der Waals surface area contributed by atoms with Crippen LogP contribution in [-0.2, 0) is 14.8 Å². The summed E-state index contributed by atoms with van der Waals surface area (Å²) in [5, 5.41) is 8.48. The first-order valence-corrected chi connectivity index (χ1v) is 7.73. The van der Waals surface area contributed by atoms with Crippen molar-refractivity contribution in [1.29, 1.82) is 0 Å². The third-order valence-electron chi connectivity index (χ3n) is 3.29. The zero-order valence-corrected chi connectivity index (χ0v) is 11.9. The van der Waals surface area contributed by atoms with Crippen LogP contribution in [0.5, 0.6) is 5.75 Å². The number of aliphatic carboxylic acids is 1. The van der Waals surface area contributed by atoms with Crippen LogP contribution in [0.4, 0.5) is 0 Å². The van der Waals surface area contributed by atoms with Gasteiger partial charge in [0.05, 0.1) is 4.90 Å². The van der Waals surface area contributed by atoms with Gasteiger partial charge in [0.15, 0.2) is 6.61 Å². The van der Waals surface area contributed by atoms with Crippen LogP contribution in [0.3, 0.4) is 0 Å². The Morgan fingerprint density at radius 3 is 2.45 bits per heavy atom. The number of benzene rings is 1. The van der Waals surface area contributed by atoms with Gasteiger partial charge in [-0.2, -0.15) is 0 Å². The summed E-state index contributed by atoms with van der Waals surface area (Å²) in [5.41, 5.74) is 0.0949. The number of nitrogens with one attached hydrogen (secondary N) is 1. The van der Waals surface area contributed by atoms with E-state index in [2.05, 4.69) is 4.72 Å². The van der Waals surface area contributed by atoms with Crippen LogP contribution in [0.25, 0.3) is 0 Å². The molecule has 0 unspecified atom stereocenters. The molecule has 7 heteroatoms. The van der Waals surface area contributed by atoms with Crippen LogP contribution in [0.15, 0.2) is 29.2 Å². The summed E-state index contributed by atoms with van der Waals surface area (Å²) in [4.78, 5) is 10.5. The van der Waals surface area contributed by atoms with Gasteiger partial charge in [-0.25, -0.2) is 17.9 Å². The van der Waals surface area contributed by atoms with Crippen LogP contribution in [0.2, 0.25) is 0 Å². The zero-order chi connectivity index (χ0) is 14.8. The molecule has 0 bridgehead atoms. The smallest absolute Gasteiger partial charge is 0.341 e. The Labute approximate surface area is 117 Å². The van der Waals surface area contributed by atoms with Crippen molar-refractivity contribution in [3.05, 3.63) is 24.3 Å². The lowest BCUT2D eigenvalue weighted by atomic mass is 10.2. The van der Waals surface area contributed by atoms with Gasteiger partial charge < -0.3 is 9.84 Å². The van der Waals surface area contributed by atoms with E-state index in [1.54, 1.807) is 0 Å². The molecule has 0 atom stereocenters. The van der Waals surface area contributed by atoms with Crippen LogP contribution >= 0.6 is 0 Å². The largest absolute Gasteiger partial charge is 0.482 e. The molecule has 1 aliphatic carbocycles. The van der Waals surface area contributed by atoms with Crippen molar-refractivity contribution in [3.8, 4) is 5.75 Å². The van der Waals surface area contributed by atoms with Gasteiger partial charge in [-0.3, -0.25) is 0 Å². The highest BCUT2D eigenvalue weighted by Crippen LogP contribution is 2.44. The number of sulfonamides is 1. The molecule has 0 radical (unpaired) electrons. The molecule has 110 valence electrons.